The highest BCUT2D eigenvalue weighted by atomic mass is 32.1. The number of hydrogen-bond donors (Lipinski definition) is 1. The molecular formula is C16H25N3OS. The van der Waals surface area contributed by atoms with Crippen LogP contribution in [0.5, 0.6) is 5.75 Å². The molecule has 0 heterocycles. The van der Waals surface area contributed by atoms with Gasteiger partial charge in [0.1, 0.15) is 10.7 Å². The number of hydrogen-bond acceptors (Lipinski definition) is 4. The molecule has 0 aromatic heterocycles. The number of anilines is 1. The molecule has 4 nitrogen and oxygen atoms in total. The van der Waals surface area contributed by atoms with E-state index in [9.17, 15) is 0 Å². The molecule has 2 N–H and O–H groups in total. The number of benzene rings is 1. The van der Waals surface area contributed by atoms with Gasteiger partial charge in [-0.3, -0.25) is 0 Å². The third-order valence-electron chi connectivity index (χ3n) is 4.65. The van der Waals surface area contributed by atoms with Gasteiger partial charge in [-0.2, -0.15) is 0 Å². The summed E-state index contributed by atoms with van der Waals surface area (Å²) >= 11 is 5.18. The SMILES string of the molecule is COc1ccc(C(N)=S)c(N(C)CC2(N(C)C)CCC2)c1. The van der Waals surface area contributed by atoms with Crippen LogP contribution in [0, 0.1) is 0 Å². The Kier molecular flexibility index (Phi) is 4.74. The lowest BCUT2D eigenvalue weighted by Crippen LogP contribution is -2.56. The molecule has 0 saturated heterocycles. The summed E-state index contributed by atoms with van der Waals surface area (Å²) in [5.41, 5.74) is 8.06. The van der Waals surface area contributed by atoms with Crippen LogP contribution < -0.4 is 15.4 Å². The Morgan fingerprint density at radius 2 is 2.00 bits per heavy atom. The second kappa shape index (κ2) is 6.20. The standard InChI is InChI=1S/C16H25N3OS/c1-18(2)16(8-5-9-16)11-19(3)14-10-12(20-4)6-7-13(14)15(17)21/h6-7,10H,5,8-9,11H2,1-4H3,(H2,17,21). The monoisotopic (exact) mass is 307 g/mol. The zero-order chi connectivity index (χ0) is 15.6. The van der Waals surface area contributed by atoms with Crippen molar-refractivity contribution < 1.29 is 4.74 Å². The molecule has 1 saturated carbocycles. The number of nitrogens with zero attached hydrogens (tertiary/aromatic N) is 2. The van der Waals surface area contributed by atoms with Gasteiger partial charge in [-0.25, -0.2) is 0 Å². The zero-order valence-electron chi connectivity index (χ0n) is 13.3. The summed E-state index contributed by atoms with van der Waals surface area (Å²) in [5.74, 6) is 0.823. The molecule has 0 unspecified atom stereocenters. The van der Waals surface area contributed by atoms with Crippen molar-refractivity contribution in [1.82, 2.24) is 4.90 Å². The van der Waals surface area contributed by atoms with E-state index in [-0.39, 0.29) is 5.54 Å². The molecule has 1 fully saturated rings. The third-order valence-corrected chi connectivity index (χ3v) is 4.87. The molecule has 21 heavy (non-hydrogen) atoms. The maximum atomic E-state index is 5.87. The van der Waals surface area contributed by atoms with Gasteiger partial charge in [-0.05, 0) is 45.5 Å². The van der Waals surface area contributed by atoms with Gasteiger partial charge in [-0.15, -0.1) is 0 Å². The number of rotatable bonds is 6. The van der Waals surface area contributed by atoms with Gasteiger partial charge in [0.15, 0.2) is 0 Å². The van der Waals surface area contributed by atoms with Crippen LogP contribution in [-0.2, 0) is 0 Å². The van der Waals surface area contributed by atoms with Crippen LogP contribution in [0.15, 0.2) is 18.2 Å². The Balaban J connectivity index is 2.29. The summed E-state index contributed by atoms with van der Waals surface area (Å²) in [6, 6.07) is 5.85. The van der Waals surface area contributed by atoms with Crippen LogP contribution in [0.2, 0.25) is 0 Å². The van der Waals surface area contributed by atoms with Crippen molar-refractivity contribution in [3.05, 3.63) is 23.8 Å². The van der Waals surface area contributed by atoms with E-state index >= 15 is 0 Å². The zero-order valence-corrected chi connectivity index (χ0v) is 14.2. The van der Waals surface area contributed by atoms with E-state index in [1.807, 2.05) is 18.2 Å². The predicted molar refractivity (Wildman–Crippen MR) is 92.4 cm³/mol. The highest BCUT2D eigenvalue weighted by molar-refractivity contribution is 7.80. The van der Waals surface area contributed by atoms with E-state index in [4.69, 9.17) is 22.7 Å². The molecule has 0 bridgehead atoms. The van der Waals surface area contributed by atoms with Crippen LogP contribution in [0.3, 0.4) is 0 Å². The fourth-order valence-corrected chi connectivity index (χ4v) is 3.19. The average Bonchev–Trinajstić information content (AvgIpc) is 2.41. The summed E-state index contributed by atoms with van der Waals surface area (Å²) in [6.45, 7) is 0.961. The van der Waals surface area contributed by atoms with Gasteiger partial charge in [0.05, 0.1) is 12.8 Å². The second-order valence-electron chi connectivity index (χ2n) is 6.08. The molecule has 1 aliphatic rings. The van der Waals surface area contributed by atoms with Gasteiger partial charge in [-0.1, -0.05) is 12.2 Å². The fraction of sp³-hybridized carbons (Fsp3) is 0.562. The maximum Gasteiger partial charge on any atom is 0.120 e. The molecule has 2 rings (SSSR count). The molecule has 0 amide bonds. The molecule has 0 atom stereocenters. The van der Waals surface area contributed by atoms with Crippen LogP contribution in [0.25, 0.3) is 0 Å². The van der Waals surface area contributed by atoms with E-state index < -0.39 is 0 Å². The maximum absolute atomic E-state index is 5.87. The molecule has 116 valence electrons. The Labute approximate surface area is 132 Å². The third kappa shape index (κ3) is 3.14. The minimum absolute atomic E-state index is 0.255. The lowest BCUT2D eigenvalue weighted by molar-refractivity contribution is 0.0683. The molecule has 1 aromatic rings. The van der Waals surface area contributed by atoms with Gasteiger partial charge in [0.25, 0.3) is 0 Å². The van der Waals surface area contributed by atoms with E-state index in [1.165, 1.54) is 19.3 Å². The van der Waals surface area contributed by atoms with Gasteiger partial charge < -0.3 is 20.3 Å². The van der Waals surface area contributed by atoms with E-state index in [2.05, 4.69) is 30.9 Å². The smallest absolute Gasteiger partial charge is 0.120 e. The van der Waals surface area contributed by atoms with Crippen molar-refractivity contribution in [3.8, 4) is 5.75 Å². The lowest BCUT2D eigenvalue weighted by atomic mass is 9.75. The predicted octanol–water partition coefficient (Wildman–Crippen LogP) is 2.25. The van der Waals surface area contributed by atoms with Gasteiger partial charge >= 0.3 is 0 Å². The molecule has 0 aliphatic heterocycles. The van der Waals surface area contributed by atoms with Crippen molar-refractivity contribution in [3.63, 3.8) is 0 Å². The Morgan fingerprint density at radius 3 is 2.43 bits per heavy atom. The Morgan fingerprint density at radius 1 is 1.33 bits per heavy atom. The summed E-state index contributed by atoms with van der Waals surface area (Å²) in [6.07, 6.45) is 3.76. The summed E-state index contributed by atoms with van der Waals surface area (Å²) < 4.78 is 5.34. The Hall–Kier alpha value is -1.33. The van der Waals surface area contributed by atoms with Crippen molar-refractivity contribution >= 4 is 22.9 Å². The molecule has 1 aliphatic carbocycles. The van der Waals surface area contributed by atoms with Crippen LogP contribution in [-0.4, -0.2) is 50.2 Å². The summed E-state index contributed by atoms with van der Waals surface area (Å²) in [4.78, 5) is 5.01. The highest BCUT2D eigenvalue weighted by Crippen LogP contribution is 2.38. The van der Waals surface area contributed by atoms with Crippen LogP contribution in [0.4, 0.5) is 5.69 Å². The van der Waals surface area contributed by atoms with Crippen LogP contribution in [0.1, 0.15) is 24.8 Å². The van der Waals surface area contributed by atoms with Crippen molar-refractivity contribution in [2.45, 2.75) is 24.8 Å². The summed E-state index contributed by atoms with van der Waals surface area (Å²) in [7, 11) is 8.09. The Bertz CT molecular complexity index is 526. The van der Waals surface area contributed by atoms with E-state index in [0.29, 0.717) is 4.99 Å². The molecular weight excluding hydrogens is 282 g/mol. The first kappa shape index (κ1) is 16.0. The second-order valence-corrected chi connectivity index (χ2v) is 6.52. The van der Waals surface area contributed by atoms with Crippen molar-refractivity contribution in [2.75, 3.05) is 39.7 Å². The summed E-state index contributed by atoms with van der Waals surface area (Å²) in [5, 5.41) is 0. The largest absolute Gasteiger partial charge is 0.497 e. The van der Waals surface area contributed by atoms with E-state index in [0.717, 1.165) is 23.5 Å². The molecule has 1 aromatic carbocycles. The number of methoxy groups -OCH3 is 1. The first-order valence-corrected chi connectivity index (χ1v) is 7.67. The van der Waals surface area contributed by atoms with Gasteiger partial charge in [0.2, 0.25) is 0 Å². The number of likely N-dealkylation sites (N-methyl/N-ethyl adjacent to an activating group) is 2. The number of thiocarbonyl (C=S) groups is 1. The van der Waals surface area contributed by atoms with E-state index in [1.54, 1.807) is 7.11 Å². The minimum Gasteiger partial charge on any atom is -0.497 e. The topological polar surface area (TPSA) is 41.7 Å². The van der Waals surface area contributed by atoms with Crippen LogP contribution >= 0.6 is 12.2 Å². The van der Waals surface area contributed by atoms with Gasteiger partial charge in [0, 0.05) is 30.8 Å². The number of nitrogens with two attached hydrogens (primary N) is 1. The highest BCUT2D eigenvalue weighted by Gasteiger charge is 2.40. The fourth-order valence-electron chi connectivity index (χ4n) is 3.02. The van der Waals surface area contributed by atoms with Crippen molar-refractivity contribution in [1.29, 1.82) is 0 Å². The first-order chi connectivity index (χ1) is 9.89. The number of ether oxygens (including phenoxy) is 1. The lowest BCUT2D eigenvalue weighted by Gasteiger charge is -2.49. The van der Waals surface area contributed by atoms with Crippen molar-refractivity contribution in [2.24, 2.45) is 5.73 Å². The average molecular weight is 307 g/mol. The quantitative estimate of drug-likeness (QED) is 0.817. The normalized spacial score (nSPS) is 16.4. The minimum atomic E-state index is 0.255. The first-order valence-electron chi connectivity index (χ1n) is 7.26. The molecule has 5 heteroatoms. The molecule has 0 radical (unpaired) electrons. The molecule has 0 spiro atoms.